The summed E-state index contributed by atoms with van der Waals surface area (Å²) in [5, 5.41) is 0. The number of morpholine rings is 1. The zero-order chi connectivity index (χ0) is 13.7. The molecule has 1 amide bonds. The molecule has 2 aliphatic rings. The van der Waals surface area contributed by atoms with Crippen LogP contribution in [0.3, 0.4) is 0 Å². The van der Waals surface area contributed by atoms with E-state index in [9.17, 15) is 9.59 Å². The molecule has 0 saturated carbocycles. The van der Waals surface area contributed by atoms with Gasteiger partial charge in [0.2, 0.25) is 5.91 Å². The highest BCUT2D eigenvalue weighted by molar-refractivity contribution is 5.79. The Balaban J connectivity index is 1.76. The number of likely N-dealkylation sites (tertiary alicyclic amines) is 1. The van der Waals surface area contributed by atoms with E-state index in [4.69, 9.17) is 4.74 Å². The highest BCUT2D eigenvalue weighted by Gasteiger charge is 2.29. The maximum absolute atomic E-state index is 12.3. The number of nitrogens with zero attached hydrogens (tertiary/aromatic N) is 2. The molecular formula is C13H22N2O4. The number of hydrogen-bond donors (Lipinski definition) is 0. The van der Waals surface area contributed by atoms with Crippen LogP contribution in [-0.2, 0) is 19.1 Å². The molecule has 0 aromatic carbocycles. The van der Waals surface area contributed by atoms with Crippen LogP contribution in [0.4, 0.5) is 0 Å². The summed E-state index contributed by atoms with van der Waals surface area (Å²) >= 11 is 0. The van der Waals surface area contributed by atoms with Crippen molar-refractivity contribution in [2.24, 2.45) is 5.92 Å². The smallest absolute Gasteiger partial charge is 0.319 e. The summed E-state index contributed by atoms with van der Waals surface area (Å²) in [6, 6.07) is 0. The lowest BCUT2D eigenvalue weighted by Crippen LogP contribution is -2.47. The zero-order valence-corrected chi connectivity index (χ0v) is 11.5. The van der Waals surface area contributed by atoms with Crippen molar-refractivity contribution < 1.29 is 19.1 Å². The molecule has 2 aliphatic heterocycles. The normalized spacial score (nSPS) is 22.3. The first-order valence-electron chi connectivity index (χ1n) is 6.86. The minimum atomic E-state index is -0.210. The van der Waals surface area contributed by atoms with Crippen molar-refractivity contribution in [1.82, 2.24) is 9.80 Å². The fraction of sp³-hybridized carbons (Fsp3) is 0.846. The van der Waals surface area contributed by atoms with Gasteiger partial charge in [-0.1, -0.05) is 0 Å². The highest BCUT2D eigenvalue weighted by Crippen LogP contribution is 2.20. The van der Waals surface area contributed by atoms with E-state index in [-0.39, 0.29) is 17.8 Å². The summed E-state index contributed by atoms with van der Waals surface area (Å²) in [4.78, 5) is 27.4. The molecule has 0 aromatic heterocycles. The van der Waals surface area contributed by atoms with Crippen molar-refractivity contribution in [2.75, 3.05) is 53.0 Å². The third kappa shape index (κ3) is 3.91. The third-order valence-electron chi connectivity index (χ3n) is 3.84. The Morgan fingerprint density at radius 3 is 2.37 bits per heavy atom. The summed E-state index contributed by atoms with van der Waals surface area (Å²) in [7, 11) is 1.40. The fourth-order valence-corrected chi connectivity index (χ4v) is 2.63. The Morgan fingerprint density at radius 2 is 1.79 bits per heavy atom. The van der Waals surface area contributed by atoms with Crippen LogP contribution in [0, 0.1) is 5.92 Å². The third-order valence-corrected chi connectivity index (χ3v) is 3.84. The van der Waals surface area contributed by atoms with Gasteiger partial charge in [0.1, 0.15) is 0 Å². The molecule has 2 heterocycles. The van der Waals surface area contributed by atoms with Crippen molar-refractivity contribution >= 4 is 11.9 Å². The predicted octanol–water partition coefficient (Wildman–Crippen LogP) is -0.270. The van der Waals surface area contributed by atoms with E-state index in [0.717, 1.165) is 25.9 Å². The van der Waals surface area contributed by atoms with Gasteiger partial charge >= 0.3 is 5.97 Å². The van der Waals surface area contributed by atoms with Gasteiger partial charge in [0.05, 0.1) is 26.9 Å². The second-order valence-electron chi connectivity index (χ2n) is 5.06. The van der Waals surface area contributed by atoms with Crippen molar-refractivity contribution in [2.45, 2.75) is 12.8 Å². The summed E-state index contributed by atoms with van der Waals surface area (Å²) in [6.07, 6.45) is 1.65. The summed E-state index contributed by atoms with van der Waals surface area (Å²) in [5.41, 5.74) is 0. The van der Waals surface area contributed by atoms with Crippen LogP contribution in [0.5, 0.6) is 0 Å². The second kappa shape index (κ2) is 6.86. The number of hydrogen-bond acceptors (Lipinski definition) is 5. The van der Waals surface area contributed by atoms with E-state index in [0.29, 0.717) is 32.8 Å². The Hall–Kier alpha value is -1.14. The Kier molecular flexibility index (Phi) is 5.15. The Morgan fingerprint density at radius 1 is 1.16 bits per heavy atom. The first-order chi connectivity index (χ1) is 9.20. The number of carbonyl (C=O) groups is 2. The van der Waals surface area contributed by atoms with Crippen LogP contribution >= 0.6 is 0 Å². The van der Waals surface area contributed by atoms with Gasteiger partial charge in [-0.25, -0.2) is 0 Å². The summed E-state index contributed by atoms with van der Waals surface area (Å²) in [5.74, 6) is 0.144. The van der Waals surface area contributed by atoms with E-state index in [2.05, 4.69) is 9.64 Å². The van der Waals surface area contributed by atoms with Gasteiger partial charge in [-0.2, -0.15) is 0 Å². The van der Waals surface area contributed by atoms with Gasteiger partial charge in [-0.3, -0.25) is 14.5 Å². The molecule has 0 aliphatic carbocycles. The molecule has 2 fully saturated rings. The first-order valence-corrected chi connectivity index (χ1v) is 6.86. The number of methoxy groups -OCH3 is 1. The van der Waals surface area contributed by atoms with Gasteiger partial charge in [0, 0.05) is 19.0 Å². The highest BCUT2D eigenvalue weighted by atomic mass is 16.5. The van der Waals surface area contributed by atoms with E-state index in [1.165, 1.54) is 7.11 Å². The molecule has 0 atom stereocenters. The molecule has 0 bridgehead atoms. The molecule has 0 spiro atoms. The number of esters is 1. The largest absolute Gasteiger partial charge is 0.468 e. The molecule has 0 radical (unpaired) electrons. The SMILES string of the molecule is COC(=O)CN1CCC(C(=O)N2CCOCC2)CC1. The molecule has 2 saturated heterocycles. The zero-order valence-electron chi connectivity index (χ0n) is 11.5. The van der Waals surface area contributed by atoms with Crippen LogP contribution < -0.4 is 0 Å². The van der Waals surface area contributed by atoms with E-state index < -0.39 is 0 Å². The van der Waals surface area contributed by atoms with Crippen LogP contribution in [-0.4, -0.2) is 74.7 Å². The lowest BCUT2D eigenvalue weighted by molar-refractivity contribution is -0.143. The molecule has 6 nitrogen and oxygen atoms in total. The molecule has 2 rings (SSSR count). The number of amides is 1. The lowest BCUT2D eigenvalue weighted by atomic mass is 9.95. The topological polar surface area (TPSA) is 59.1 Å². The quantitative estimate of drug-likeness (QED) is 0.661. The number of ether oxygens (including phenoxy) is 2. The monoisotopic (exact) mass is 270 g/mol. The summed E-state index contributed by atoms with van der Waals surface area (Å²) < 4.78 is 9.91. The lowest BCUT2D eigenvalue weighted by Gasteiger charge is -2.35. The Bertz CT molecular complexity index is 321. The van der Waals surface area contributed by atoms with Crippen molar-refractivity contribution in [3.63, 3.8) is 0 Å². The molecule has 19 heavy (non-hydrogen) atoms. The van der Waals surface area contributed by atoms with Crippen LogP contribution in [0.1, 0.15) is 12.8 Å². The molecule has 6 heteroatoms. The summed E-state index contributed by atoms with van der Waals surface area (Å²) in [6.45, 7) is 4.61. The number of piperidine rings is 1. The van der Waals surface area contributed by atoms with Crippen LogP contribution in [0.15, 0.2) is 0 Å². The predicted molar refractivity (Wildman–Crippen MR) is 68.6 cm³/mol. The Labute approximate surface area is 113 Å². The van der Waals surface area contributed by atoms with Crippen LogP contribution in [0.25, 0.3) is 0 Å². The van der Waals surface area contributed by atoms with Crippen molar-refractivity contribution in [3.8, 4) is 0 Å². The molecule has 0 N–H and O–H groups in total. The van der Waals surface area contributed by atoms with Gasteiger partial charge in [-0.05, 0) is 25.9 Å². The van der Waals surface area contributed by atoms with Crippen LogP contribution in [0.2, 0.25) is 0 Å². The maximum atomic E-state index is 12.3. The van der Waals surface area contributed by atoms with E-state index >= 15 is 0 Å². The maximum Gasteiger partial charge on any atom is 0.319 e. The van der Waals surface area contributed by atoms with Gasteiger partial charge in [0.15, 0.2) is 0 Å². The standard InChI is InChI=1S/C13H22N2O4/c1-18-12(16)10-14-4-2-11(3-5-14)13(17)15-6-8-19-9-7-15/h11H,2-10H2,1H3. The van der Waals surface area contributed by atoms with E-state index in [1.54, 1.807) is 0 Å². The van der Waals surface area contributed by atoms with Gasteiger partial charge in [0.25, 0.3) is 0 Å². The minimum Gasteiger partial charge on any atom is -0.468 e. The molecular weight excluding hydrogens is 248 g/mol. The number of carbonyl (C=O) groups excluding carboxylic acids is 2. The molecule has 0 aromatic rings. The van der Waals surface area contributed by atoms with Gasteiger partial charge < -0.3 is 14.4 Å². The minimum absolute atomic E-state index is 0.104. The fourth-order valence-electron chi connectivity index (χ4n) is 2.63. The average molecular weight is 270 g/mol. The number of rotatable bonds is 3. The average Bonchev–Trinajstić information content (AvgIpc) is 2.48. The van der Waals surface area contributed by atoms with Crippen molar-refractivity contribution in [3.05, 3.63) is 0 Å². The van der Waals surface area contributed by atoms with Crippen molar-refractivity contribution in [1.29, 1.82) is 0 Å². The molecule has 0 unspecified atom stereocenters. The second-order valence-corrected chi connectivity index (χ2v) is 5.06. The van der Waals surface area contributed by atoms with E-state index in [1.807, 2.05) is 4.90 Å². The first kappa shape index (κ1) is 14.3. The molecule has 108 valence electrons. The van der Waals surface area contributed by atoms with Gasteiger partial charge in [-0.15, -0.1) is 0 Å².